The Bertz CT molecular complexity index is 990. The fourth-order valence-electron chi connectivity index (χ4n) is 3.72. The molecule has 2 aromatic carbocycles. The van der Waals surface area contributed by atoms with Gasteiger partial charge in [-0.3, -0.25) is 9.52 Å². The van der Waals surface area contributed by atoms with Crippen LogP contribution in [0.15, 0.2) is 41.3 Å². The molecule has 0 atom stereocenters. The van der Waals surface area contributed by atoms with Gasteiger partial charge >= 0.3 is 0 Å². The Hall–Kier alpha value is -2.38. The maximum Gasteiger partial charge on any atom is 0.262 e. The Morgan fingerprint density at radius 2 is 1.59 bits per heavy atom. The SMILES string of the molecule is CCN1CCN(C(=O)c2ccc(C)c(S(=O)(=O)Nc3cc(C)cc(C)c3)c2)CC1. The number of sulfonamides is 1. The molecule has 1 heterocycles. The van der Waals surface area contributed by atoms with E-state index in [9.17, 15) is 13.2 Å². The van der Waals surface area contributed by atoms with Gasteiger partial charge in [0.1, 0.15) is 0 Å². The molecule has 1 aliphatic rings. The molecule has 0 aliphatic carbocycles. The first-order chi connectivity index (χ1) is 13.7. The van der Waals surface area contributed by atoms with E-state index in [-0.39, 0.29) is 10.8 Å². The standard InChI is InChI=1S/C22H29N3O3S/c1-5-24-8-10-25(11-9-24)22(26)19-7-6-18(4)21(15-19)29(27,28)23-20-13-16(2)12-17(3)14-20/h6-7,12-15,23H,5,8-11H2,1-4H3. The van der Waals surface area contributed by atoms with E-state index in [0.717, 1.165) is 30.8 Å². The molecular weight excluding hydrogens is 386 g/mol. The lowest BCUT2D eigenvalue weighted by molar-refractivity contribution is 0.0643. The van der Waals surface area contributed by atoms with Crippen LogP contribution in [0, 0.1) is 20.8 Å². The monoisotopic (exact) mass is 415 g/mol. The molecule has 0 unspecified atom stereocenters. The molecule has 1 aliphatic heterocycles. The zero-order chi connectivity index (χ0) is 21.2. The summed E-state index contributed by atoms with van der Waals surface area (Å²) in [5, 5.41) is 0. The molecule has 6 nitrogen and oxygen atoms in total. The highest BCUT2D eigenvalue weighted by atomic mass is 32.2. The lowest BCUT2D eigenvalue weighted by Crippen LogP contribution is -2.48. The molecule has 1 fully saturated rings. The number of nitrogens with one attached hydrogen (secondary N) is 1. The molecule has 1 saturated heterocycles. The summed E-state index contributed by atoms with van der Waals surface area (Å²) < 4.78 is 28.7. The van der Waals surface area contributed by atoms with E-state index in [1.807, 2.05) is 19.9 Å². The van der Waals surface area contributed by atoms with Gasteiger partial charge in [0.25, 0.3) is 15.9 Å². The maximum absolute atomic E-state index is 13.0. The van der Waals surface area contributed by atoms with Crippen LogP contribution in [0.25, 0.3) is 0 Å². The molecule has 3 rings (SSSR count). The third-order valence-corrected chi connectivity index (χ3v) is 6.83. The smallest absolute Gasteiger partial charge is 0.262 e. The van der Waals surface area contributed by atoms with Crippen molar-refractivity contribution in [1.82, 2.24) is 9.80 Å². The number of amides is 1. The topological polar surface area (TPSA) is 69.7 Å². The van der Waals surface area contributed by atoms with Crippen molar-refractivity contribution in [3.8, 4) is 0 Å². The van der Waals surface area contributed by atoms with Crippen LogP contribution in [0.5, 0.6) is 0 Å². The second-order valence-electron chi connectivity index (χ2n) is 7.69. The number of hydrogen-bond acceptors (Lipinski definition) is 4. The minimum absolute atomic E-state index is 0.122. The number of carbonyl (C=O) groups is 1. The Balaban J connectivity index is 1.85. The number of carbonyl (C=O) groups excluding carboxylic acids is 1. The molecule has 0 bridgehead atoms. The number of benzene rings is 2. The van der Waals surface area contributed by atoms with Gasteiger partial charge < -0.3 is 9.80 Å². The number of hydrogen-bond donors (Lipinski definition) is 1. The van der Waals surface area contributed by atoms with Crippen molar-refractivity contribution >= 4 is 21.6 Å². The second-order valence-corrected chi connectivity index (χ2v) is 9.34. The van der Waals surface area contributed by atoms with Crippen LogP contribution in [0.3, 0.4) is 0 Å². The van der Waals surface area contributed by atoms with Gasteiger partial charge in [-0.05, 0) is 68.3 Å². The van der Waals surface area contributed by atoms with E-state index < -0.39 is 10.0 Å². The van der Waals surface area contributed by atoms with E-state index in [2.05, 4.69) is 16.5 Å². The highest BCUT2D eigenvalue weighted by Gasteiger charge is 2.24. The average Bonchev–Trinajstić information content (AvgIpc) is 2.66. The van der Waals surface area contributed by atoms with Crippen molar-refractivity contribution in [2.75, 3.05) is 37.4 Å². The van der Waals surface area contributed by atoms with Gasteiger partial charge in [-0.1, -0.05) is 19.1 Å². The fourth-order valence-corrected chi connectivity index (χ4v) is 5.03. The molecule has 0 spiro atoms. The van der Waals surface area contributed by atoms with Crippen LogP contribution >= 0.6 is 0 Å². The summed E-state index contributed by atoms with van der Waals surface area (Å²) in [5.74, 6) is -0.122. The maximum atomic E-state index is 13.0. The third kappa shape index (κ3) is 4.97. The highest BCUT2D eigenvalue weighted by Crippen LogP contribution is 2.23. The van der Waals surface area contributed by atoms with Gasteiger partial charge in [0.15, 0.2) is 0 Å². The first-order valence-corrected chi connectivity index (χ1v) is 11.4. The van der Waals surface area contributed by atoms with Crippen LogP contribution in [-0.4, -0.2) is 56.8 Å². The van der Waals surface area contributed by atoms with Crippen LogP contribution < -0.4 is 4.72 Å². The molecule has 7 heteroatoms. The largest absolute Gasteiger partial charge is 0.336 e. The van der Waals surface area contributed by atoms with Crippen LogP contribution in [-0.2, 0) is 10.0 Å². The summed E-state index contributed by atoms with van der Waals surface area (Å²) in [4.78, 5) is 17.1. The minimum Gasteiger partial charge on any atom is -0.336 e. The zero-order valence-electron chi connectivity index (χ0n) is 17.5. The van der Waals surface area contributed by atoms with Crippen LogP contribution in [0.2, 0.25) is 0 Å². The van der Waals surface area contributed by atoms with Crippen LogP contribution in [0.4, 0.5) is 5.69 Å². The molecule has 1 N–H and O–H groups in total. The quantitative estimate of drug-likeness (QED) is 0.814. The number of anilines is 1. The van der Waals surface area contributed by atoms with E-state index >= 15 is 0 Å². The lowest BCUT2D eigenvalue weighted by Gasteiger charge is -2.34. The lowest BCUT2D eigenvalue weighted by atomic mass is 10.1. The normalized spacial score (nSPS) is 15.4. The van der Waals surface area contributed by atoms with Crippen molar-refractivity contribution in [2.24, 2.45) is 0 Å². The summed E-state index contributed by atoms with van der Waals surface area (Å²) in [5.41, 5.74) is 3.49. The molecule has 2 aromatic rings. The first kappa shape index (κ1) is 21.3. The molecule has 0 aromatic heterocycles. The van der Waals surface area contributed by atoms with Crippen molar-refractivity contribution in [3.63, 3.8) is 0 Å². The Morgan fingerprint density at radius 3 is 2.17 bits per heavy atom. The third-order valence-electron chi connectivity index (χ3n) is 5.31. The van der Waals surface area contributed by atoms with E-state index in [1.54, 1.807) is 36.1 Å². The van der Waals surface area contributed by atoms with E-state index in [1.165, 1.54) is 6.07 Å². The van der Waals surface area contributed by atoms with Gasteiger partial charge in [-0.2, -0.15) is 0 Å². The second kappa shape index (κ2) is 8.55. The number of likely N-dealkylation sites (N-methyl/N-ethyl adjacent to an activating group) is 1. The average molecular weight is 416 g/mol. The van der Waals surface area contributed by atoms with Gasteiger partial charge in [-0.25, -0.2) is 8.42 Å². The molecule has 0 saturated carbocycles. The fraction of sp³-hybridized carbons (Fsp3) is 0.409. The summed E-state index contributed by atoms with van der Waals surface area (Å²) in [7, 11) is -3.81. The predicted octanol–water partition coefficient (Wildman–Crippen LogP) is 3.19. The number of nitrogens with zero attached hydrogens (tertiary/aromatic N) is 2. The number of rotatable bonds is 5. The van der Waals surface area contributed by atoms with Gasteiger partial charge in [0.2, 0.25) is 0 Å². The molecule has 29 heavy (non-hydrogen) atoms. The van der Waals surface area contributed by atoms with Crippen LogP contribution in [0.1, 0.15) is 34.0 Å². The van der Waals surface area contributed by atoms with Gasteiger partial charge in [-0.15, -0.1) is 0 Å². The van der Waals surface area contributed by atoms with Gasteiger partial charge in [0, 0.05) is 37.4 Å². The Labute approximate surface area is 173 Å². The van der Waals surface area contributed by atoms with Crippen molar-refractivity contribution in [1.29, 1.82) is 0 Å². The summed E-state index contributed by atoms with van der Waals surface area (Å²) >= 11 is 0. The molecule has 0 radical (unpaired) electrons. The Morgan fingerprint density at radius 1 is 0.966 bits per heavy atom. The predicted molar refractivity (Wildman–Crippen MR) is 116 cm³/mol. The summed E-state index contributed by atoms with van der Waals surface area (Å²) in [6.07, 6.45) is 0. The first-order valence-electron chi connectivity index (χ1n) is 9.93. The van der Waals surface area contributed by atoms with Gasteiger partial charge in [0.05, 0.1) is 4.90 Å². The molecular formula is C22H29N3O3S. The number of aryl methyl sites for hydroxylation is 3. The van der Waals surface area contributed by atoms with E-state index in [0.29, 0.717) is 29.9 Å². The Kier molecular flexibility index (Phi) is 6.29. The zero-order valence-corrected chi connectivity index (χ0v) is 18.3. The van der Waals surface area contributed by atoms with E-state index in [4.69, 9.17) is 0 Å². The summed E-state index contributed by atoms with van der Waals surface area (Å²) in [6.45, 7) is 11.7. The van der Waals surface area contributed by atoms with Crippen molar-refractivity contribution < 1.29 is 13.2 Å². The summed E-state index contributed by atoms with van der Waals surface area (Å²) in [6, 6.07) is 10.5. The van der Waals surface area contributed by atoms with Crippen molar-refractivity contribution in [2.45, 2.75) is 32.6 Å². The molecule has 1 amide bonds. The minimum atomic E-state index is -3.81. The highest BCUT2D eigenvalue weighted by molar-refractivity contribution is 7.92. The van der Waals surface area contributed by atoms with Crippen molar-refractivity contribution in [3.05, 3.63) is 58.7 Å². The molecule has 156 valence electrons. The number of piperazine rings is 1.